The molecule has 0 saturated heterocycles. The molecule has 3 aromatic carbocycles. The second-order valence-corrected chi connectivity index (χ2v) is 11.7. The zero-order valence-electron chi connectivity index (χ0n) is 23.2. The maximum Gasteiger partial charge on any atom is 0.303 e. The molecule has 39 heavy (non-hydrogen) atoms. The summed E-state index contributed by atoms with van der Waals surface area (Å²) in [4.78, 5) is 11.5. The summed E-state index contributed by atoms with van der Waals surface area (Å²) in [6, 6.07) is 18.8. The van der Waals surface area contributed by atoms with Crippen LogP contribution in [-0.4, -0.2) is 18.2 Å². The summed E-state index contributed by atoms with van der Waals surface area (Å²) in [6.45, 7) is 7.01. The fourth-order valence-corrected chi connectivity index (χ4v) is 6.06. The molecule has 0 amide bonds. The number of halogens is 1. The van der Waals surface area contributed by atoms with Gasteiger partial charge in [0, 0.05) is 5.56 Å². The van der Waals surface area contributed by atoms with Crippen LogP contribution in [0.2, 0.25) is 0 Å². The van der Waals surface area contributed by atoms with Gasteiger partial charge in [0.25, 0.3) is 0 Å². The highest BCUT2D eigenvalue weighted by molar-refractivity contribution is 5.85. The van der Waals surface area contributed by atoms with Crippen molar-refractivity contribution in [1.82, 2.24) is 0 Å². The lowest BCUT2D eigenvalue weighted by atomic mass is 9.79. The molecular weight excluding hydrogens is 491 g/mol. The number of hydrogen-bond acceptors (Lipinski definition) is 3. The minimum absolute atomic E-state index is 0.00114. The van der Waals surface area contributed by atoms with Gasteiger partial charge in [-0.3, -0.25) is 4.79 Å². The summed E-state index contributed by atoms with van der Waals surface area (Å²) in [7, 11) is 1.59. The maximum absolute atomic E-state index is 15.1. The molecule has 0 aliphatic heterocycles. The van der Waals surface area contributed by atoms with Crippen molar-refractivity contribution < 1.29 is 23.8 Å². The van der Waals surface area contributed by atoms with Gasteiger partial charge in [0.2, 0.25) is 0 Å². The zero-order valence-corrected chi connectivity index (χ0v) is 23.2. The number of carboxylic acid groups (broad SMARTS) is 1. The average Bonchev–Trinajstić information content (AvgIpc) is 3.53. The number of carbonyl (C=O) groups is 1. The molecule has 5 heteroatoms. The van der Waals surface area contributed by atoms with Crippen LogP contribution in [0.5, 0.6) is 11.5 Å². The molecule has 0 bridgehead atoms. The van der Waals surface area contributed by atoms with Crippen LogP contribution in [0.4, 0.5) is 4.39 Å². The number of ether oxygens (including phenoxy) is 2. The molecule has 2 aliphatic carbocycles. The van der Waals surface area contributed by atoms with Gasteiger partial charge in [-0.1, -0.05) is 51.1 Å². The van der Waals surface area contributed by atoms with Crippen LogP contribution in [0.3, 0.4) is 0 Å². The first kappa shape index (κ1) is 27.0. The molecule has 1 saturated carbocycles. The first-order valence-electron chi connectivity index (χ1n) is 13.8. The zero-order chi connectivity index (χ0) is 27.7. The van der Waals surface area contributed by atoms with Crippen LogP contribution in [0.15, 0.2) is 66.7 Å². The van der Waals surface area contributed by atoms with Gasteiger partial charge < -0.3 is 14.6 Å². The predicted molar refractivity (Wildman–Crippen MR) is 152 cm³/mol. The molecule has 4 nitrogen and oxygen atoms in total. The van der Waals surface area contributed by atoms with Crippen LogP contribution in [-0.2, 0) is 11.4 Å². The van der Waals surface area contributed by atoms with Crippen LogP contribution in [0.1, 0.15) is 69.1 Å². The lowest BCUT2D eigenvalue weighted by Gasteiger charge is -2.25. The Morgan fingerprint density at radius 3 is 2.51 bits per heavy atom. The number of methoxy groups -OCH3 is 1. The van der Waals surface area contributed by atoms with Gasteiger partial charge in [-0.05, 0) is 107 Å². The summed E-state index contributed by atoms with van der Waals surface area (Å²) < 4.78 is 26.7. The molecule has 0 unspecified atom stereocenters. The third-order valence-electron chi connectivity index (χ3n) is 8.46. The Kier molecular flexibility index (Phi) is 7.53. The fourth-order valence-electron chi connectivity index (χ4n) is 6.06. The van der Waals surface area contributed by atoms with E-state index in [0.29, 0.717) is 29.8 Å². The van der Waals surface area contributed by atoms with E-state index in [4.69, 9.17) is 9.47 Å². The van der Waals surface area contributed by atoms with Crippen molar-refractivity contribution in [1.29, 1.82) is 0 Å². The van der Waals surface area contributed by atoms with Gasteiger partial charge in [-0.15, -0.1) is 0 Å². The molecule has 3 aromatic rings. The number of carboxylic acids is 1. The molecule has 204 valence electrons. The highest BCUT2D eigenvalue weighted by atomic mass is 19.1. The number of rotatable bonds is 10. The molecule has 3 atom stereocenters. The highest BCUT2D eigenvalue weighted by Crippen LogP contribution is 2.50. The first-order chi connectivity index (χ1) is 18.7. The molecule has 2 aliphatic rings. The Morgan fingerprint density at radius 2 is 1.85 bits per heavy atom. The molecular formula is C34H37FO4. The molecule has 0 heterocycles. The Hall–Kier alpha value is -3.60. The van der Waals surface area contributed by atoms with Gasteiger partial charge >= 0.3 is 5.97 Å². The topological polar surface area (TPSA) is 55.8 Å². The van der Waals surface area contributed by atoms with Crippen molar-refractivity contribution in [2.45, 2.75) is 59.0 Å². The third kappa shape index (κ3) is 5.88. The monoisotopic (exact) mass is 528 g/mol. The van der Waals surface area contributed by atoms with E-state index < -0.39 is 5.97 Å². The smallest absolute Gasteiger partial charge is 0.303 e. The summed E-state index contributed by atoms with van der Waals surface area (Å²) in [5, 5.41) is 9.47. The van der Waals surface area contributed by atoms with Crippen molar-refractivity contribution in [2.24, 2.45) is 17.3 Å². The van der Waals surface area contributed by atoms with Gasteiger partial charge in [-0.2, -0.15) is 0 Å². The SMILES string of the molecule is COc1ccc(F)c(-c2ccc(COc3cccc([C@@H](CC(=O)O)[C@H]4C[C@H]4C)c3)cc2C2=CCCC2(C)C)c1. The van der Waals surface area contributed by atoms with Crippen molar-refractivity contribution in [3.05, 3.63) is 89.2 Å². The molecule has 5 rings (SSSR count). The Bertz CT molecular complexity index is 1410. The van der Waals surface area contributed by atoms with E-state index in [1.165, 1.54) is 11.6 Å². The normalized spacial score (nSPS) is 20.3. The van der Waals surface area contributed by atoms with Crippen molar-refractivity contribution in [3.63, 3.8) is 0 Å². The first-order valence-corrected chi connectivity index (χ1v) is 13.8. The lowest BCUT2D eigenvalue weighted by molar-refractivity contribution is -0.137. The number of aliphatic carboxylic acids is 1. The van der Waals surface area contributed by atoms with Gasteiger partial charge in [-0.25, -0.2) is 4.39 Å². The second-order valence-electron chi connectivity index (χ2n) is 11.7. The summed E-state index contributed by atoms with van der Waals surface area (Å²) >= 11 is 0. The summed E-state index contributed by atoms with van der Waals surface area (Å²) in [6.07, 6.45) is 5.51. The number of hydrogen-bond donors (Lipinski definition) is 1. The molecule has 0 spiro atoms. The van der Waals surface area contributed by atoms with Crippen molar-refractivity contribution in [3.8, 4) is 22.6 Å². The van der Waals surface area contributed by atoms with E-state index in [0.717, 1.165) is 47.3 Å². The molecule has 1 N–H and O–H groups in total. The van der Waals surface area contributed by atoms with E-state index >= 15 is 4.39 Å². The van der Waals surface area contributed by atoms with E-state index in [1.807, 2.05) is 36.4 Å². The van der Waals surface area contributed by atoms with Crippen LogP contribution < -0.4 is 9.47 Å². The lowest BCUT2D eigenvalue weighted by Crippen LogP contribution is -2.11. The Balaban J connectivity index is 1.44. The molecule has 0 radical (unpaired) electrons. The van der Waals surface area contributed by atoms with E-state index in [2.05, 4.69) is 32.9 Å². The Labute approximate surface area is 230 Å². The third-order valence-corrected chi connectivity index (χ3v) is 8.46. The molecule has 1 fully saturated rings. The quantitative estimate of drug-likeness (QED) is 0.287. The van der Waals surface area contributed by atoms with E-state index in [9.17, 15) is 9.90 Å². The average molecular weight is 529 g/mol. The molecule has 0 aromatic heterocycles. The number of benzene rings is 3. The van der Waals surface area contributed by atoms with Gasteiger partial charge in [0.05, 0.1) is 13.5 Å². The fraction of sp³-hybridized carbons (Fsp3) is 0.382. The highest BCUT2D eigenvalue weighted by Gasteiger charge is 2.41. The number of allylic oxidation sites excluding steroid dienone is 2. The Morgan fingerprint density at radius 1 is 1.05 bits per heavy atom. The summed E-state index contributed by atoms with van der Waals surface area (Å²) in [5.74, 6) is 1.25. The summed E-state index contributed by atoms with van der Waals surface area (Å²) in [5.41, 5.74) is 5.59. The van der Waals surface area contributed by atoms with Gasteiger partial charge in [0.1, 0.15) is 23.9 Å². The standard InChI is InChI=1S/C34H37FO4/c1-21-15-27(21)28(19-33(36)37)23-7-5-8-25(17-23)39-20-22-10-12-26(30-18-24(38-4)11-13-32(30)35)29(16-22)31-9-6-14-34(31,2)3/h5,7-13,16-18,21,27-28H,6,14-15,19-20H2,1-4H3,(H,36,37)/t21-,27+,28-/m1/s1. The van der Waals surface area contributed by atoms with Crippen LogP contribution >= 0.6 is 0 Å². The van der Waals surface area contributed by atoms with E-state index in [1.54, 1.807) is 19.2 Å². The van der Waals surface area contributed by atoms with Gasteiger partial charge in [0.15, 0.2) is 0 Å². The minimum Gasteiger partial charge on any atom is -0.497 e. The second kappa shape index (κ2) is 10.9. The van der Waals surface area contributed by atoms with Crippen LogP contribution in [0, 0.1) is 23.1 Å². The van der Waals surface area contributed by atoms with Crippen molar-refractivity contribution in [2.75, 3.05) is 7.11 Å². The van der Waals surface area contributed by atoms with E-state index in [-0.39, 0.29) is 23.6 Å². The maximum atomic E-state index is 15.1. The predicted octanol–water partition coefficient (Wildman–Crippen LogP) is 8.50. The largest absolute Gasteiger partial charge is 0.497 e. The van der Waals surface area contributed by atoms with Crippen molar-refractivity contribution >= 4 is 11.5 Å². The minimum atomic E-state index is -0.769. The van der Waals surface area contributed by atoms with Crippen LogP contribution in [0.25, 0.3) is 16.7 Å².